The van der Waals surface area contributed by atoms with Gasteiger partial charge in [-0.05, 0) is 46.5 Å². The maximum Gasteiger partial charge on any atom is 0.0726 e. The molecule has 0 saturated carbocycles. The number of benzene rings is 4. The lowest BCUT2D eigenvalue weighted by Gasteiger charge is -2.23. The first-order valence-electron chi connectivity index (χ1n) is 12.1. The van der Waals surface area contributed by atoms with Crippen molar-refractivity contribution in [2.24, 2.45) is 0 Å². The largest absolute Gasteiger partial charge is 0.306 e. The third kappa shape index (κ3) is 2.32. The van der Waals surface area contributed by atoms with Gasteiger partial charge in [-0.1, -0.05) is 74.5 Å². The van der Waals surface area contributed by atoms with Crippen LogP contribution in [-0.2, 0) is 5.41 Å². The lowest BCUT2D eigenvalue weighted by atomic mass is 9.80. The van der Waals surface area contributed by atoms with Gasteiger partial charge in [-0.3, -0.25) is 4.98 Å². The predicted octanol–water partition coefficient (Wildman–Crippen LogP) is 8.85. The van der Waals surface area contributed by atoms with Crippen molar-refractivity contribution in [3.8, 4) is 16.8 Å². The van der Waals surface area contributed by atoms with Gasteiger partial charge in [-0.2, -0.15) is 0 Å². The summed E-state index contributed by atoms with van der Waals surface area (Å²) in [4.78, 5) is 4.49. The van der Waals surface area contributed by atoms with Gasteiger partial charge in [0.25, 0.3) is 0 Å². The van der Waals surface area contributed by atoms with Crippen LogP contribution < -0.4 is 0 Å². The molecule has 1 aliphatic carbocycles. The second-order valence-corrected chi connectivity index (χ2v) is 11.1. The number of hydrogen-bond donors (Lipinski definition) is 0. The van der Waals surface area contributed by atoms with Gasteiger partial charge in [-0.25, -0.2) is 0 Å². The Morgan fingerprint density at radius 1 is 0.771 bits per heavy atom. The van der Waals surface area contributed by atoms with Gasteiger partial charge < -0.3 is 4.57 Å². The van der Waals surface area contributed by atoms with E-state index in [1.807, 2.05) is 29.8 Å². The number of para-hydroxylation sites is 1. The summed E-state index contributed by atoms with van der Waals surface area (Å²) in [5.74, 6) is 0. The topological polar surface area (TPSA) is 17.8 Å². The van der Waals surface area contributed by atoms with Crippen LogP contribution in [0.1, 0.15) is 25.0 Å². The van der Waals surface area contributed by atoms with Crippen molar-refractivity contribution in [1.29, 1.82) is 0 Å². The number of thiophene rings is 1. The van der Waals surface area contributed by atoms with Crippen LogP contribution >= 0.6 is 11.3 Å². The molecule has 0 aliphatic heterocycles. The Hall–Kier alpha value is -3.95. The van der Waals surface area contributed by atoms with E-state index >= 15 is 0 Å². The number of aromatic nitrogens is 2. The molecule has 3 heteroatoms. The van der Waals surface area contributed by atoms with Crippen molar-refractivity contribution < 1.29 is 0 Å². The zero-order valence-electron chi connectivity index (χ0n) is 19.5. The van der Waals surface area contributed by atoms with E-state index in [1.54, 1.807) is 0 Å². The first-order valence-corrected chi connectivity index (χ1v) is 12.9. The van der Waals surface area contributed by atoms with E-state index in [0.717, 1.165) is 5.69 Å². The summed E-state index contributed by atoms with van der Waals surface area (Å²) >= 11 is 1.92. The van der Waals surface area contributed by atoms with Crippen molar-refractivity contribution in [1.82, 2.24) is 9.55 Å². The van der Waals surface area contributed by atoms with Crippen molar-refractivity contribution in [3.63, 3.8) is 0 Å². The fourth-order valence-corrected chi connectivity index (χ4v) is 7.70. The molecule has 0 N–H and O–H groups in total. The molecule has 0 saturated heterocycles. The van der Waals surface area contributed by atoms with Crippen molar-refractivity contribution in [2.75, 3.05) is 0 Å². The third-order valence-electron chi connectivity index (χ3n) is 7.83. The van der Waals surface area contributed by atoms with Gasteiger partial charge in [-0.15, -0.1) is 11.3 Å². The van der Waals surface area contributed by atoms with Crippen LogP contribution in [0.3, 0.4) is 0 Å². The minimum atomic E-state index is -0.0836. The molecular weight excluding hydrogens is 444 g/mol. The van der Waals surface area contributed by atoms with E-state index in [2.05, 4.69) is 102 Å². The van der Waals surface area contributed by atoms with Gasteiger partial charge in [0.1, 0.15) is 0 Å². The summed E-state index contributed by atoms with van der Waals surface area (Å²) in [5.41, 5.74) is 9.18. The summed E-state index contributed by atoms with van der Waals surface area (Å²) in [7, 11) is 0. The Morgan fingerprint density at radius 3 is 2.40 bits per heavy atom. The van der Waals surface area contributed by atoms with E-state index in [0.29, 0.717) is 0 Å². The van der Waals surface area contributed by atoms with Crippen molar-refractivity contribution in [2.45, 2.75) is 19.3 Å². The molecule has 0 spiro atoms. The van der Waals surface area contributed by atoms with Gasteiger partial charge in [0, 0.05) is 37.9 Å². The zero-order valence-corrected chi connectivity index (χ0v) is 20.4. The fraction of sp³-hybridized carbons (Fsp3) is 0.0938. The number of fused-ring (bicyclic) bond motifs is 12. The van der Waals surface area contributed by atoms with Crippen molar-refractivity contribution in [3.05, 3.63) is 108 Å². The summed E-state index contributed by atoms with van der Waals surface area (Å²) < 4.78 is 5.14. The summed E-state index contributed by atoms with van der Waals surface area (Å²) in [6.07, 6.45) is 3.83. The van der Waals surface area contributed by atoms with E-state index < -0.39 is 0 Å². The molecule has 2 nitrogen and oxygen atoms in total. The van der Waals surface area contributed by atoms with Gasteiger partial charge >= 0.3 is 0 Å². The first kappa shape index (κ1) is 19.4. The zero-order chi connectivity index (χ0) is 23.3. The Morgan fingerprint density at radius 2 is 1.54 bits per heavy atom. The highest BCUT2D eigenvalue weighted by Gasteiger charge is 2.40. The average Bonchev–Trinajstić information content (AvgIpc) is 3.51. The number of pyridine rings is 1. The van der Waals surface area contributed by atoms with E-state index in [9.17, 15) is 0 Å². The molecule has 0 atom stereocenters. The summed E-state index contributed by atoms with van der Waals surface area (Å²) in [6, 6.07) is 31.0. The maximum atomic E-state index is 4.49. The second-order valence-electron chi connectivity index (χ2n) is 10.0. The molecule has 3 aromatic heterocycles. The minimum absolute atomic E-state index is 0.0836. The Bertz CT molecular complexity index is 1970. The second kappa shape index (κ2) is 6.59. The van der Waals surface area contributed by atoms with E-state index in [1.165, 1.54) is 64.2 Å². The molecule has 35 heavy (non-hydrogen) atoms. The lowest BCUT2D eigenvalue weighted by Crippen LogP contribution is -2.15. The highest BCUT2D eigenvalue weighted by atomic mass is 32.1. The molecule has 1 aliphatic rings. The standard InChI is InChI=1S/C32H22N2S/c1-32(2)23-14-6-3-11-20(23)26-27-21-12-4-7-15-24(21)34(19-10-9-17-33-18-19)30(27)31-28(29(26)32)22-13-5-8-16-25(22)35-31/h3-18H,1-2H3. The van der Waals surface area contributed by atoms with E-state index in [4.69, 9.17) is 0 Å². The SMILES string of the molecule is CC1(C)c2ccccc2-c2c1c1c3ccccc3sc1c1c2c2ccccc2n1-c1cccnc1. The Balaban J connectivity index is 1.76. The summed E-state index contributed by atoms with van der Waals surface area (Å²) in [5, 5.41) is 5.42. The van der Waals surface area contributed by atoms with Crippen LogP contribution in [0.5, 0.6) is 0 Å². The highest BCUT2D eigenvalue weighted by molar-refractivity contribution is 7.26. The molecular formula is C32H22N2S. The van der Waals surface area contributed by atoms with E-state index in [-0.39, 0.29) is 5.41 Å². The molecule has 0 bridgehead atoms. The molecule has 7 aromatic rings. The molecule has 0 fully saturated rings. The molecule has 4 aromatic carbocycles. The average molecular weight is 467 g/mol. The molecule has 0 unspecified atom stereocenters. The first-order chi connectivity index (χ1) is 17.2. The van der Waals surface area contributed by atoms with Crippen LogP contribution in [0.15, 0.2) is 97.3 Å². The number of rotatable bonds is 1. The van der Waals surface area contributed by atoms with Crippen LogP contribution in [-0.4, -0.2) is 9.55 Å². The lowest BCUT2D eigenvalue weighted by molar-refractivity contribution is 0.667. The Kier molecular flexibility index (Phi) is 3.64. The summed E-state index contributed by atoms with van der Waals surface area (Å²) in [6.45, 7) is 4.80. The van der Waals surface area contributed by atoms with Crippen molar-refractivity contribution >= 4 is 53.3 Å². The predicted molar refractivity (Wildman–Crippen MR) is 149 cm³/mol. The minimum Gasteiger partial charge on any atom is -0.306 e. The van der Waals surface area contributed by atoms with Crippen LogP contribution in [0.25, 0.3) is 58.8 Å². The normalized spacial score (nSPS) is 14.2. The van der Waals surface area contributed by atoms with Crippen LogP contribution in [0.4, 0.5) is 0 Å². The Labute approximate surface area is 207 Å². The van der Waals surface area contributed by atoms with Gasteiger partial charge in [0.15, 0.2) is 0 Å². The van der Waals surface area contributed by atoms with Crippen LogP contribution in [0.2, 0.25) is 0 Å². The van der Waals surface area contributed by atoms with Gasteiger partial charge in [0.05, 0.1) is 27.6 Å². The molecule has 3 heterocycles. The smallest absolute Gasteiger partial charge is 0.0726 e. The number of hydrogen-bond acceptors (Lipinski definition) is 2. The van der Waals surface area contributed by atoms with Gasteiger partial charge in [0.2, 0.25) is 0 Å². The number of nitrogens with zero attached hydrogens (tertiary/aromatic N) is 2. The molecule has 166 valence electrons. The quantitative estimate of drug-likeness (QED) is 0.236. The molecule has 0 amide bonds. The third-order valence-corrected chi connectivity index (χ3v) is 9.01. The fourth-order valence-electron chi connectivity index (χ4n) is 6.45. The monoisotopic (exact) mass is 466 g/mol. The molecule has 8 rings (SSSR count). The maximum absolute atomic E-state index is 4.49. The van der Waals surface area contributed by atoms with Crippen LogP contribution in [0, 0.1) is 0 Å². The molecule has 0 radical (unpaired) electrons. The highest BCUT2D eigenvalue weighted by Crippen LogP contribution is 2.58.